The average molecular weight is 240 g/mol. The fraction of sp³-hybridized carbons (Fsp3) is 0.500. The SMILES string of the molecule is CNCCNC(=O)NCCN1C(=O)C=CC1=O. The molecule has 0 bridgehead atoms. The Kier molecular flexibility index (Phi) is 5.15. The third-order valence-corrected chi connectivity index (χ3v) is 2.18. The summed E-state index contributed by atoms with van der Waals surface area (Å²) in [6, 6.07) is -0.313. The number of urea groups is 1. The van der Waals surface area contributed by atoms with Gasteiger partial charge >= 0.3 is 6.03 Å². The van der Waals surface area contributed by atoms with Crippen molar-refractivity contribution in [2.75, 3.05) is 33.2 Å². The van der Waals surface area contributed by atoms with E-state index in [1.165, 1.54) is 12.2 Å². The highest BCUT2D eigenvalue weighted by Gasteiger charge is 2.22. The summed E-state index contributed by atoms with van der Waals surface area (Å²) in [6.07, 6.45) is 2.44. The quantitative estimate of drug-likeness (QED) is 0.386. The van der Waals surface area contributed by atoms with Crippen molar-refractivity contribution < 1.29 is 14.4 Å². The summed E-state index contributed by atoms with van der Waals surface area (Å²) >= 11 is 0. The molecule has 3 N–H and O–H groups in total. The molecule has 94 valence electrons. The van der Waals surface area contributed by atoms with Crippen molar-refractivity contribution in [3.05, 3.63) is 12.2 Å². The van der Waals surface area contributed by atoms with E-state index in [9.17, 15) is 14.4 Å². The maximum absolute atomic E-state index is 11.2. The number of imide groups is 1. The Bertz CT molecular complexity index is 322. The van der Waals surface area contributed by atoms with Crippen LogP contribution >= 0.6 is 0 Å². The van der Waals surface area contributed by atoms with E-state index in [2.05, 4.69) is 16.0 Å². The zero-order chi connectivity index (χ0) is 12.7. The molecule has 7 nitrogen and oxygen atoms in total. The molecule has 0 spiro atoms. The van der Waals surface area contributed by atoms with E-state index in [0.29, 0.717) is 13.1 Å². The van der Waals surface area contributed by atoms with Crippen LogP contribution in [0.15, 0.2) is 12.2 Å². The van der Waals surface area contributed by atoms with Gasteiger partial charge in [0.25, 0.3) is 11.8 Å². The third-order valence-electron chi connectivity index (χ3n) is 2.18. The van der Waals surface area contributed by atoms with Crippen molar-refractivity contribution in [1.82, 2.24) is 20.9 Å². The van der Waals surface area contributed by atoms with Crippen molar-refractivity contribution in [3.8, 4) is 0 Å². The lowest BCUT2D eigenvalue weighted by Crippen LogP contribution is -2.43. The minimum absolute atomic E-state index is 0.185. The van der Waals surface area contributed by atoms with E-state index < -0.39 is 0 Å². The molecule has 0 radical (unpaired) electrons. The number of nitrogens with one attached hydrogen (secondary N) is 3. The standard InChI is InChI=1S/C10H16N4O3/c1-11-4-5-12-10(17)13-6-7-14-8(15)2-3-9(14)16/h2-3,11H,4-7H2,1H3,(H2,12,13,17). The number of hydrogen-bond acceptors (Lipinski definition) is 4. The number of amides is 4. The first-order valence-corrected chi connectivity index (χ1v) is 5.35. The van der Waals surface area contributed by atoms with Crippen LogP contribution in [0.2, 0.25) is 0 Å². The van der Waals surface area contributed by atoms with Crippen LogP contribution in [0.3, 0.4) is 0 Å². The second-order valence-electron chi connectivity index (χ2n) is 3.45. The van der Waals surface area contributed by atoms with Gasteiger partial charge in [-0.2, -0.15) is 0 Å². The molecular weight excluding hydrogens is 224 g/mol. The van der Waals surface area contributed by atoms with Gasteiger partial charge in [0.2, 0.25) is 0 Å². The first-order chi connectivity index (χ1) is 8.15. The van der Waals surface area contributed by atoms with Gasteiger partial charge in [-0.25, -0.2) is 4.79 Å². The lowest BCUT2D eigenvalue weighted by atomic mass is 10.5. The molecule has 1 heterocycles. The van der Waals surface area contributed by atoms with Crippen LogP contribution in [0.1, 0.15) is 0 Å². The van der Waals surface area contributed by atoms with Gasteiger partial charge in [0.05, 0.1) is 0 Å². The molecule has 1 aliphatic heterocycles. The van der Waals surface area contributed by atoms with Gasteiger partial charge < -0.3 is 16.0 Å². The molecule has 0 unspecified atom stereocenters. The number of likely N-dealkylation sites (N-methyl/N-ethyl adjacent to an activating group) is 1. The second kappa shape index (κ2) is 6.64. The summed E-state index contributed by atoms with van der Waals surface area (Å²) in [5.74, 6) is -0.681. The van der Waals surface area contributed by atoms with Gasteiger partial charge in [-0.1, -0.05) is 0 Å². The molecule has 0 aliphatic carbocycles. The minimum Gasteiger partial charge on any atom is -0.337 e. The summed E-state index contributed by atoms with van der Waals surface area (Å²) in [4.78, 5) is 34.6. The van der Waals surface area contributed by atoms with Crippen molar-refractivity contribution in [3.63, 3.8) is 0 Å². The molecule has 0 aromatic rings. The molecule has 0 saturated carbocycles. The van der Waals surface area contributed by atoms with Crippen molar-refractivity contribution in [2.45, 2.75) is 0 Å². The molecular formula is C10H16N4O3. The lowest BCUT2D eigenvalue weighted by Gasteiger charge is -2.14. The Labute approximate surface area is 99.2 Å². The summed E-state index contributed by atoms with van der Waals surface area (Å²) < 4.78 is 0. The van der Waals surface area contributed by atoms with Gasteiger partial charge in [-0.15, -0.1) is 0 Å². The fourth-order valence-corrected chi connectivity index (χ4v) is 1.30. The number of rotatable bonds is 6. The Hall–Kier alpha value is -1.89. The second-order valence-corrected chi connectivity index (χ2v) is 3.45. The Morgan fingerprint density at radius 3 is 2.29 bits per heavy atom. The molecule has 0 saturated heterocycles. The van der Waals surface area contributed by atoms with Crippen LogP contribution in [0.5, 0.6) is 0 Å². The predicted octanol–water partition coefficient (Wildman–Crippen LogP) is -1.57. The minimum atomic E-state index is -0.340. The van der Waals surface area contributed by atoms with Crippen molar-refractivity contribution in [2.24, 2.45) is 0 Å². The highest BCUT2D eigenvalue weighted by Crippen LogP contribution is 2.01. The smallest absolute Gasteiger partial charge is 0.314 e. The number of carbonyl (C=O) groups excluding carboxylic acids is 3. The summed E-state index contributed by atoms with van der Waals surface area (Å²) in [5.41, 5.74) is 0. The Morgan fingerprint density at radius 2 is 1.71 bits per heavy atom. The highest BCUT2D eigenvalue weighted by atomic mass is 16.2. The van der Waals surface area contributed by atoms with E-state index >= 15 is 0 Å². The third kappa shape index (κ3) is 4.23. The zero-order valence-corrected chi connectivity index (χ0v) is 9.66. The monoisotopic (exact) mass is 240 g/mol. The average Bonchev–Trinajstić information content (AvgIpc) is 2.61. The molecule has 1 rings (SSSR count). The zero-order valence-electron chi connectivity index (χ0n) is 9.66. The van der Waals surface area contributed by atoms with Gasteiger partial charge in [0.1, 0.15) is 0 Å². The van der Waals surface area contributed by atoms with E-state index in [-0.39, 0.29) is 30.9 Å². The van der Waals surface area contributed by atoms with Crippen molar-refractivity contribution in [1.29, 1.82) is 0 Å². The number of nitrogens with zero attached hydrogens (tertiary/aromatic N) is 1. The topological polar surface area (TPSA) is 90.5 Å². The van der Waals surface area contributed by atoms with E-state index in [1.54, 1.807) is 7.05 Å². The summed E-state index contributed by atoms with van der Waals surface area (Å²) in [7, 11) is 1.79. The first kappa shape index (κ1) is 13.2. The van der Waals surface area contributed by atoms with Gasteiger partial charge in [0, 0.05) is 38.3 Å². The lowest BCUT2D eigenvalue weighted by molar-refractivity contribution is -0.136. The molecule has 0 aromatic carbocycles. The summed E-state index contributed by atoms with van der Waals surface area (Å²) in [5, 5.41) is 8.06. The van der Waals surface area contributed by atoms with Crippen LogP contribution < -0.4 is 16.0 Å². The molecule has 0 fully saturated rings. The molecule has 7 heteroatoms. The van der Waals surface area contributed by atoms with Crippen LogP contribution in [-0.4, -0.2) is 56.0 Å². The highest BCUT2D eigenvalue weighted by molar-refractivity contribution is 6.12. The maximum atomic E-state index is 11.2. The maximum Gasteiger partial charge on any atom is 0.314 e. The van der Waals surface area contributed by atoms with Crippen LogP contribution in [0, 0.1) is 0 Å². The molecule has 17 heavy (non-hydrogen) atoms. The fourth-order valence-electron chi connectivity index (χ4n) is 1.30. The Morgan fingerprint density at radius 1 is 1.12 bits per heavy atom. The van der Waals surface area contributed by atoms with Crippen LogP contribution in [-0.2, 0) is 9.59 Å². The van der Waals surface area contributed by atoms with Crippen LogP contribution in [0.4, 0.5) is 4.79 Å². The van der Waals surface area contributed by atoms with Gasteiger partial charge in [-0.05, 0) is 7.05 Å². The van der Waals surface area contributed by atoms with E-state index in [4.69, 9.17) is 0 Å². The van der Waals surface area contributed by atoms with E-state index in [0.717, 1.165) is 4.90 Å². The molecule has 0 atom stereocenters. The van der Waals surface area contributed by atoms with Crippen LogP contribution in [0.25, 0.3) is 0 Å². The predicted molar refractivity (Wildman–Crippen MR) is 61.2 cm³/mol. The van der Waals surface area contributed by atoms with E-state index in [1.807, 2.05) is 0 Å². The molecule has 1 aliphatic rings. The Balaban J connectivity index is 2.13. The number of carbonyl (C=O) groups is 3. The molecule has 0 aromatic heterocycles. The summed E-state index contributed by atoms with van der Waals surface area (Å²) in [6.45, 7) is 1.63. The normalized spacial score (nSPS) is 14.3. The van der Waals surface area contributed by atoms with Gasteiger partial charge in [0.15, 0.2) is 0 Å². The first-order valence-electron chi connectivity index (χ1n) is 5.35. The van der Waals surface area contributed by atoms with Gasteiger partial charge in [-0.3, -0.25) is 14.5 Å². The molecule has 4 amide bonds. The number of hydrogen-bond donors (Lipinski definition) is 3. The largest absolute Gasteiger partial charge is 0.337 e. The van der Waals surface area contributed by atoms with Crippen molar-refractivity contribution >= 4 is 17.8 Å².